The predicted molar refractivity (Wildman–Crippen MR) is 112 cm³/mol. The van der Waals surface area contributed by atoms with Crippen molar-refractivity contribution < 1.29 is 4.79 Å². The summed E-state index contributed by atoms with van der Waals surface area (Å²) in [6.07, 6.45) is 1.93. The number of rotatable bonds is 4. The highest BCUT2D eigenvalue weighted by Gasteiger charge is 2.54. The molecular formula is C23H29ClN2O. The second-order valence-corrected chi connectivity index (χ2v) is 8.18. The zero-order valence-corrected chi connectivity index (χ0v) is 17.0. The maximum Gasteiger partial charge on any atom is 0.233 e. The van der Waals surface area contributed by atoms with Crippen LogP contribution in [0.1, 0.15) is 41.0 Å². The van der Waals surface area contributed by atoms with E-state index in [0.29, 0.717) is 24.3 Å². The lowest BCUT2D eigenvalue weighted by atomic mass is 9.89. The first-order valence-corrected chi connectivity index (χ1v) is 9.67. The highest BCUT2D eigenvalue weighted by molar-refractivity contribution is 5.91. The number of hydrogen-bond donors (Lipinski definition) is 1. The largest absolute Gasteiger partial charge is 0.341 e. The van der Waals surface area contributed by atoms with Gasteiger partial charge in [-0.05, 0) is 50.3 Å². The molecule has 1 heterocycles. The zero-order valence-electron chi connectivity index (χ0n) is 16.2. The number of halogens is 1. The minimum absolute atomic E-state index is 0. The summed E-state index contributed by atoms with van der Waals surface area (Å²) in [7, 11) is 0. The Kier molecular flexibility index (Phi) is 5.64. The summed E-state index contributed by atoms with van der Waals surface area (Å²) in [5, 5.41) is 0. The fourth-order valence-corrected chi connectivity index (χ4v) is 4.66. The van der Waals surface area contributed by atoms with Gasteiger partial charge in [-0.3, -0.25) is 4.79 Å². The van der Waals surface area contributed by atoms with E-state index in [2.05, 4.69) is 61.2 Å². The molecule has 2 aliphatic rings. The molecule has 27 heavy (non-hydrogen) atoms. The number of nitrogens with two attached hydrogens (primary N) is 1. The van der Waals surface area contributed by atoms with Crippen LogP contribution in [0, 0.1) is 19.8 Å². The maximum atomic E-state index is 13.5. The van der Waals surface area contributed by atoms with E-state index in [0.717, 1.165) is 25.9 Å². The van der Waals surface area contributed by atoms with Gasteiger partial charge in [0.05, 0.1) is 5.41 Å². The van der Waals surface area contributed by atoms with Crippen LogP contribution in [0.15, 0.2) is 48.5 Å². The first kappa shape index (κ1) is 19.9. The number of benzene rings is 2. The van der Waals surface area contributed by atoms with E-state index in [1.165, 1.54) is 22.3 Å². The number of nitrogens with zero attached hydrogens (tertiary/aromatic N) is 1. The predicted octanol–water partition coefficient (Wildman–Crippen LogP) is 3.96. The van der Waals surface area contributed by atoms with E-state index in [1.54, 1.807) is 0 Å². The second-order valence-electron chi connectivity index (χ2n) is 8.18. The van der Waals surface area contributed by atoms with Gasteiger partial charge >= 0.3 is 0 Å². The second kappa shape index (κ2) is 7.65. The third kappa shape index (κ3) is 3.63. The van der Waals surface area contributed by atoms with Crippen molar-refractivity contribution in [2.24, 2.45) is 11.7 Å². The topological polar surface area (TPSA) is 46.3 Å². The summed E-state index contributed by atoms with van der Waals surface area (Å²) < 4.78 is 0. The molecule has 1 aliphatic carbocycles. The fraction of sp³-hybridized carbons (Fsp3) is 0.435. The summed E-state index contributed by atoms with van der Waals surface area (Å²) in [5.41, 5.74) is 10.7. The van der Waals surface area contributed by atoms with Crippen LogP contribution in [0.3, 0.4) is 0 Å². The smallest absolute Gasteiger partial charge is 0.233 e. The van der Waals surface area contributed by atoms with Crippen LogP contribution in [-0.4, -0.2) is 30.4 Å². The number of amides is 1. The average Bonchev–Trinajstić information content (AvgIpc) is 3.34. The van der Waals surface area contributed by atoms with Gasteiger partial charge in [0.1, 0.15) is 0 Å². The van der Waals surface area contributed by atoms with E-state index in [4.69, 9.17) is 5.73 Å². The summed E-state index contributed by atoms with van der Waals surface area (Å²) >= 11 is 0. The Bertz CT molecular complexity index is 796. The Balaban J connectivity index is 0.00000210. The van der Waals surface area contributed by atoms with Gasteiger partial charge in [-0.1, -0.05) is 59.7 Å². The lowest BCUT2D eigenvalue weighted by Crippen LogP contribution is -2.38. The Labute approximate surface area is 168 Å². The molecule has 2 aromatic rings. The van der Waals surface area contributed by atoms with E-state index >= 15 is 0 Å². The van der Waals surface area contributed by atoms with Crippen LogP contribution in [0.5, 0.6) is 0 Å². The zero-order chi connectivity index (χ0) is 18.3. The maximum absolute atomic E-state index is 13.5. The van der Waals surface area contributed by atoms with Crippen molar-refractivity contribution in [3.8, 4) is 0 Å². The van der Waals surface area contributed by atoms with Crippen molar-refractivity contribution in [2.45, 2.75) is 38.0 Å². The minimum atomic E-state index is -0.290. The van der Waals surface area contributed by atoms with Crippen LogP contribution in [0.25, 0.3) is 0 Å². The normalized spacial score (nSPS) is 23.0. The van der Waals surface area contributed by atoms with Gasteiger partial charge in [0.25, 0.3) is 0 Å². The van der Waals surface area contributed by atoms with Gasteiger partial charge in [0, 0.05) is 19.0 Å². The molecular weight excluding hydrogens is 356 g/mol. The van der Waals surface area contributed by atoms with Crippen molar-refractivity contribution in [3.63, 3.8) is 0 Å². The Morgan fingerprint density at radius 2 is 1.70 bits per heavy atom. The summed E-state index contributed by atoms with van der Waals surface area (Å²) in [6, 6.07) is 17.1. The SMILES string of the molecule is Cc1cc(C)cc(C2(C(=O)N3C[C@@H](CN)[C@H](c4ccccc4)C3)CC2)c1.Cl. The molecule has 3 nitrogen and oxygen atoms in total. The molecule has 2 atom stereocenters. The van der Waals surface area contributed by atoms with Crippen LogP contribution < -0.4 is 5.73 Å². The molecule has 1 saturated carbocycles. The lowest BCUT2D eigenvalue weighted by molar-refractivity contribution is -0.133. The lowest BCUT2D eigenvalue weighted by Gasteiger charge is -2.24. The van der Waals surface area contributed by atoms with E-state index in [-0.39, 0.29) is 17.8 Å². The number of hydrogen-bond acceptors (Lipinski definition) is 2. The van der Waals surface area contributed by atoms with Crippen LogP contribution in [0.4, 0.5) is 0 Å². The van der Waals surface area contributed by atoms with Crippen LogP contribution in [0.2, 0.25) is 0 Å². The van der Waals surface area contributed by atoms with E-state index < -0.39 is 0 Å². The fourth-order valence-electron chi connectivity index (χ4n) is 4.66. The van der Waals surface area contributed by atoms with Gasteiger partial charge in [-0.2, -0.15) is 0 Å². The molecule has 4 heteroatoms. The number of likely N-dealkylation sites (tertiary alicyclic amines) is 1. The van der Waals surface area contributed by atoms with Gasteiger partial charge in [-0.25, -0.2) is 0 Å². The molecule has 2 N–H and O–H groups in total. The number of aryl methyl sites for hydroxylation is 2. The van der Waals surface area contributed by atoms with Gasteiger partial charge in [0.15, 0.2) is 0 Å². The van der Waals surface area contributed by atoms with Crippen molar-refractivity contribution in [1.29, 1.82) is 0 Å². The third-order valence-corrected chi connectivity index (χ3v) is 6.19. The highest BCUT2D eigenvalue weighted by Crippen LogP contribution is 2.51. The first-order valence-electron chi connectivity index (χ1n) is 9.67. The summed E-state index contributed by atoms with van der Waals surface area (Å²) in [4.78, 5) is 15.6. The first-order chi connectivity index (χ1) is 12.5. The van der Waals surface area contributed by atoms with Gasteiger partial charge in [-0.15, -0.1) is 12.4 Å². The Morgan fingerprint density at radius 3 is 2.26 bits per heavy atom. The van der Waals surface area contributed by atoms with Gasteiger partial charge in [0.2, 0.25) is 5.91 Å². The molecule has 0 aromatic heterocycles. The van der Waals surface area contributed by atoms with Gasteiger partial charge < -0.3 is 10.6 Å². The molecule has 2 aromatic carbocycles. The van der Waals surface area contributed by atoms with Crippen molar-refractivity contribution in [2.75, 3.05) is 19.6 Å². The Hall–Kier alpha value is -1.84. The van der Waals surface area contributed by atoms with Crippen LogP contribution in [-0.2, 0) is 10.2 Å². The summed E-state index contributed by atoms with van der Waals surface area (Å²) in [5.74, 6) is 0.996. The number of carbonyl (C=O) groups is 1. The molecule has 1 amide bonds. The molecule has 1 saturated heterocycles. The molecule has 0 radical (unpaired) electrons. The van der Waals surface area contributed by atoms with Crippen LogP contribution >= 0.6 is 12.4 Å². The minimum Gasteiger partial charge on any atom is -0.341 e. The molecule has 4 rings (SSSR count). The highest BCUT2D eigenvalue weighted by atomic mass is 35.5. The standard InChI is InChI=1S/C23H28N2O.ClH/c1-16-10-17(2)12-20(11-16)23(8-9-23)22(26)25-14-19(13-24)21(15-25)18-6-4-3-5-7-18;/h3-7,10-12,19,21H,8-9,13-15,24H2,1-2H3;1H/t19-,21+;/m1./s1. The third-order valence-electron chi connectivity index (χ3n) is 6.19. The average molecular weight is 385 g/mol. The van der Waals surface area contributed by atoms with E-state index in [9.17, 15) is 4.79 Å². The monoisotopic (exact) mass is 384 g/mol. The number of carbonyl (C=O) groups excluding carboxylic acids is 1. The van der Waals surface area contributed by atoms with Crippen molar-refractivity contribution >= 4 is 18.3 Å². The molecule has 0 bridgehead atoms. The molecule has 1 aliphatic heterocycles. The summed E-state index contributed by atoms with van der Waals surface area (Å²) in [6.45, 7) is 6.42. The van der Waals surface area contributed by atoms with Crippen molar-refractivity contribution in [3.05, 3.63) is 70.8 Å². The van der Waals surface area contributed by atoms with Crippen molar-refractivity contribution in [1.82, 2.24) is 4.90 Å². The molecule has 0 unspecified atom stereocenters. The quantitative estimate of drug-likeness (QED) is 0.867. The Morgan fingerprint density at radius 1 is 1.07 bits per heavy atom. The molecule has 144 valence electrons. The molecule has 2 fully saturated rings. The molecule has 0 spiro atoms. The van der Waals surface area contributed by atoms with E-state index in [1.807, 2.05) is 6.07 Å².